The standard InChI is InChI=1S/C25H28O2/c1-24(2)11-12-25(3,4)22-15-20-18(9-10-19(20)14-21(22)24)13-16-5-7-17(8-6-16)23(26)27/h5-9,14-15H,10-13H2,1-4H3,(H,26,27). The van der Waals surface area contributed by atoms with Gasteiger partial charge in [0.25, 0.3) is 0 Å². The summed E-state index contributed by atoms with van der Waals surface area (Å²) in [6.07, 6.45) is 6.67. The number of hydrogen-bond donors (Lipinski definition) is 1. The molecule has 140 valence electrons. The zero-order chi connectivity index (χ0) is 19.4. The van der Waals surface area contributed by atoms with Gasteiger partial charge in [-0.25, -0.2) is 4.79 Å². The van der Waals surface area contributed by atoms with Crippen molar-refractivity contribution in [3.63, 3.8) is 0 Å². The van der Waals surface area contributed by atoms with Crippen molar-refractivity contribution in [1.29, 1.82) is 0 Å². The number of carboxylic acids is 1. The molecule has 0 heterocycles. The first-order chi connectivity index (χ1) is 12.7. The Hall–Kier alpha value is -2.35. The number of hydrogen-bond acceptors (Lipinski definition) is 1. The van der Waals surface area contributed by atoms with Gasteiger partial charge in [-0.1, -0.05) is 58.0 Å². The van der Waals surface area contributed by atoms with E-state index in [4.69, 9.17) is 5.11 Å². The van der Waals surface area contributed by atoms with Gasteiger partial charge in [-0.3, -0.25) is 0 Å². The third kappa shape index (κ3) is 3.12. The van der Waals surface area contributed by atoms with Crippen molar-refractivity contribution in [2.24, 2.45) is 0 Å². The third-order valence-corrected chi connectivity index (χ3v) is 6.59. The molecule has 0 spiro atoms. The Morgan fingerprint density at radius 2 is 1.56 bits per heavy atom. The molecule has 4 rings (SSSR count). The largest absolute Gasteiger partial charge is 0.478 e. The number of fused-ring (bicyclic) bond motifs is 2. The van der Waals surface area contributed by atoms with Gasteiger partial charge in [0.2, 0.25) is 0 Å². The van der Waals surface area contributed by atoms with Crippen molar-refractivity contribution < 1.29 is 9.90 Å². The van der Waals surface area contributed by atoms with Gasteiger partial charge in [-0.05, 0) is 82.0 Å². The molecule has 2 aliphatic carbocycles. The van der Waals surface area contributed by atoms with E-state index >= 15 is 0 Å². The molecule has 2 heteroatoms. The van der Waals surface area contributed by atoms with E-state index in [0.717, 1.165) is 18.4 Å². The molecule has 1 N–H and O–H groups in total. The Morgan fingerprint density at radius 1 is 0.963 bits per heavy atom. The van der Waals surface area contributed by atoms with E-state index < -0.39 is 5.97 Å². The zero-order valence-corrected chi connectivity index (χ0v) is 16.7. The summed E-state index contributed by atoms with van der Waals surface area (Å²) in [5, 5.41) is 9.08. The molecule has 27 heavy (non-hydrogen) atoms. The quantitative estimate of drug-likeness (QED) is 0.738. The number of aromatic carboxylic acids is 1. The highest BCUT2D eigenvalue weighted by molar-refractivity contribution is 5.87. The molecule has 0 fully saturated rings. The summed E-state index contributed by atoms with van der Waals surface area (Å²) < 4.78 is 0. The summed E-state index contributed by atoms with van der Waals surface area (Å²) in [7, 11) is 0. The fourth-order valence-corrected chi connectivity index (χ4v) is 4.62. The van der Waals surface area contributed by atoms with Gasteiger partial charge in [0.05, 0.1) is 5.56 Å². The smallest absolute Gasteiger partial charge is 0.335 e. The highest BCUT2D eigenvalue weighted by Crippen LogP contribution is 2.48. The summed E-state index contributed by atoms with van der Waals surface area (Å²) in [4.78, 5) is 11.1. The molecule has 2 aromatic rings. The van der Waals surface area contributed by atoms with Crippen molar-refractivity contribution in [2.75, 3.05) is 0 Å². The minimum absolute atomic E-state index is 0.219. The van der Waals surface area contributed by atoms with E-state index in [1.165, 1.54) is 40.7 Å². The van der Waals surface area contributed by atoms with Crippen LogP contribution < -0.4 is 0 Å². The summed E-state index contributed by atoms with van der Waals surface area (Å²) in [6.45, 7) is 9.49. The van der Waals surface area contributed by atoms with Crippen LogP contribution in [0.1, 0.15) is 78.7 Å². The summed E-state index contributed by atoms with van der Waals surface area (Å²) in [5.74, 6) is -0.872. The second-order valence-electron chi connectivity index (χ2n) is 9.44. The second-order valence-corrected chi connectivity index (χ2v) is 9.44. The highest BCUT2D eigenvalue weighted by atomic mass is 16.4. The van der Waals surface area contributed by atoms with Gasteiger partial charge >= 0.3 is 5.97 Å². The van der Waals surface area contributed by atoms with E-state index in [1.807, 2.05) is 12.1 Å². The number of allylic oxidation sites excluding steroid dienone is 2. The molecular weight excluding hydrogens is 332 g/mol. The van der Waals surface area contributed by atoms with E-state index in [9.17, 15) is 4.79 Å². The molecule has 0 saturated carbocycles. The van der Waals surface area contributed by atoms with Gasteiger partial charge in [0, 0.05) is 0 Å². The SMILES string of the molecule is CC1(C)CCC(C)(C)c2cc3c(cc21)CC=C3Cc1ccc(C(=O)O)cc1. The number of rotatable bonds is 3. The van der Waals surface area contributed by atoms with Gasteiger partial charge in [-0.15, -0.1) is 0 Å². The van der Waals surface area contributed by atoms with Crippen LogP contribution >= 0.6 is 0 Å². The molecule has 2 nitrogen and oxygen atoms in total. The third-order valence-electron chi connectivity index (χ3n) is 6.59. The first-order valence-electron chi connectivity index (χ1n) is 9.87. The first-order valence-corrected chi connectivity index (χ1v) is 9.87. The fourth-order valence-electron chi connectivity index (χ4n) is 4.62. The lowest BCUT2D eigenvalue weighted by atomic mass is 9.62. The Morgan fingerprint density at radius 3 is 2.15 bits per heavy atom. The zero-order valence-electron chi connectivity index (χ0n) is 16.7. The minimum atomic E-state index is -0.872. The van der Waals surface area contributed by atoms with Gasteiger partial charge in [0.15, 0.2) is 0 Å². The maximum Gasteiger partial charge on any atom is 0.335 e. The van der Waals surface area contributed by atoms with Crippen molar-refractivity contribution in [3.8, 4) is 0 Å². The maximum atomic E-state index is 11.1. The summed E-state index contributed by atoms with van der Waals surface area (Å²) in [5.41, 5.74) is 9.21. The predicted octanol–water partition coefficient (Wildman–Crippen LogP) is 5.92. The molecule has 0 saturated heterocycles. The summed E-state index contributed by atoms with van der Waals surface area (Å²) in [6, 6.07) is 12.2. The predicted molar refractivity (Wildman–Crippen MR) is 111 cm³/mol. The van der Waals surface area contributed by atoms with E-state index in [0.29, 0.717) is 5.56 Å². The van der Waals surface area contributed by atoms with Crippen LogP contribution in [0.4, 0.5) is 0 Å². The van der Waals surface area contributed by atoms with Crippen LogP contribution in [0.3, 0.4) is 0 Å². The van der Waals surface area contributed by atoms with Crippen LogP contribution in [0.2, 0.25) is 0 Å². The van der Waals surface area contributed by atoms with Crippen LogP contribution in [0.15, 0.2) is 42.5 Å². The molecule has 0 aromatic heterocycles. The lowest BCUT2D eigenvalue weighted by Crippen LogP contribution is -2.34. The Kier molecular flexibility index (Phi) is 4.06. The molecule has 2 aromatic carbocycles. The molecule has 0 amide bonds. The topological polar surface area (TPSA) is 37.3 Å². The first kappa shape index (κ1) is 18.0. The van der Waals surface area contributed by atoms with Crippen molar-refractivity contribution in [3.05, 3.63) is 75.9 Å². The van der Waals surface area contributed by atoms with Crippen LogP contribution in [0, 0.1) is 0 Å². The monoisotopic (exact) mass is 360 g/mol. The fraction of sp³-hybridized carbons (Fsp3) is 0.400. The molecule has 2 aliphatic rings. The maximum absolute atomic E-state index is 11.1. The van der Waals surface area contributed by atoms with Gasteiger partial charge < -0.3 is 5.11 Å². The average molecular weight is 360 g/mol. The number of carboxylic acid groups (broad SMARTS) is 1. The number of benzene rings is 2. The molecule has 0 atom stereocenters. The normalized spacial score (nSPS) is 19.2. The van der Waals surface area contributed by atoms with Crippen molar-refractivity contribution >= 4 is 11.5 Å². The minimum Gasteiger partial charge on any atom is -0.478 e. The van der Waals surface area contributed by atoms with Gasteiger partial charge in [-0.2, -0.15) is 0 Å². The molecule has 0 aliphatic heterocycles. The molecule has 0 radical (unpaired) electrons. The molecular formula is C25H28O2. The lowest BCUT2D eigenvalue weighted by molar-refractivity contribution is 0.0697. The lowest BCUT2D eigenvalue weighted by Gasteiger charge is -2.42. The Bertz CT molecular complexity index is 943. The van der Waals surface area contributed by atoms with Crippen LogP contribution in [-0.4, -0.2) is 11.1 Å². The molecule has 0 unspecified atom stereocenters. The average Bonchev–Trinajstić information content (AvgIpc) is 3.01. The summed E-state index contributed by atoms with van der Waals surface area (Å²) >= 11 is 0. The highest BCUT2D eigenvalue weighted by Gasteiger charge is 2.38. The van der Waals surface area contributed by atoms with Crippen LogP contribution in [0.25, 0.3) is 5.57 Å². The Balaban J connectivity index is 1.69. The van der Waals surface area contributed by atoms with Gasteiger partial charge in [0.1, 0.15) is 0 Å². The Labute approximate surface area is 161 Å². The van der Waals surface area contributed by atoms with E-state index in [1.54, 1.807) is 12.1 Å². The van der Waals surface area contributed by atoms with E-state index in [-0.39, 0.29) is 10.8 Å². The van der Waals surface area contributed by atoms with Crippen molar-refractivity contribution in [1.82, 2.24) is 0 Å². The molecule has 0 bridgehead atoms. The van der Waals surface area contributed by atoms with Crippen LogP contribution in [-0.2, 0) is 23.7 Å². The number of carbonyl (C=O) groups is 1. The van der Waals surface area contributed by atoms with Crippen molar-refractivity contribution in [2.45, 2.75) is 64.2 Å². The van der Waals surface area contributed by atoms with E-state index in [2.05, 4.69) is 45.9 Å². The second kappa shape index (κ2) is 6.09. The van der Waals surface area contributed by atoms with Crippen LogP contribution in [0.5, 0.6) is 0 Å².